The largest absolute Gasteiger partial charge is 0.298 e. The van der Waals surface area contributed by atoms with Crippen LogP contribution in [0, 0.1) is 0 Å². The summed E-state index contributed by atoms with van der Waals surface area (Å²) in [5, 5.41) is 0. The van der Waals surface area contributed by atoms with Gasteiger partial charge in [0.15, 0.2) is 4.74 Å². The summed E-state index contributed by atoms with van der Waals surface area (Å²) in [7, 11) is 0. The molecular formula is C10H17BrFN. The van der Waals surface area contributed by atoms with Crippen molar-refractivity contribution >= 4 is 15.9 Å². The van der Waals surface area contributed by atoms with Crippen molar-refractivity contribution in [3.05, 3.63) is 10.3 Å². The van der Waals surface area contributed by atoms with Gasteiger partial charge in [-0.2, -0.15) is 4.39 Å². The van der Waals surface area contributed by atoms with Gasteiger partial charge in [0.05, 0.1) is 0 Å². The van der Waals surface area contributed by atoms with Crippen LogP contribution in [0.15, 0.2) is 10.3 Å². The van der Waals surface area contributed by atoms with E-state index in [9.17, 15) is 4.39 Å². The van der Waals surface area contributed by atoms with Crippen LogP contribution in [0.5, 0.6) is 0 Å². The van der Waals surface area contributed by atoms with Crippen molar-refractivity contribution in [2.24, 2.45) is 0 Å². The van der Waals surface area contributed by atoms with Gasteiger partial charge in [-0.05, 0) is 55.1 Å². The summed E-state index contributed by atoms with van der Waals surface area (Å²) in [6.45, 7) is 8.54. The lowest BCUT2D eigenvalue weighted by Crippen LogP contribution is -2.44. The molecule has 1 aliphatic heterocycles. The van der Waals surface area contributed by atoms with E-state index in [1.54, 1.807) is 0 Å². The SMILES string of the molecule is CC(C)(C)N1CCC(=C(F)Br)CC1. The van der Waals surface area contributed by atoms with Gasteiger partial charge in [0, 0.05) is 18.6 Å². The molecule has 76 valence electrons. The van der Waals surface area contributed by atoms with E-state index in [1.165, 1.54) is 0 Å². The number of piperidine rings is 1. The minimum Gasteiger partial charge on any atom is -0.298 e. The highest BCUT2D eigenvalue weighted by Crippen LogP contribution is 2.27. The molecule has 0 atom stereocenters. The van der Waals surface area contributed by atoms with Crippen molar-refractivity contribution in [3.63, 3.8) is 0 Å². The lowest BCUT2D eigenvalue weighted by molar-refractivity contribution is 0.125. The van der Waals surface area contributed by atoms with Crippen LogP contribution in [0.4, 0.5) is 4.39 Å². The molecule has 0 aromatic rings. The molecule has 0 bridgehead atoms. The van der Waals surface area contributed by atoms with Gasteiger partial charge in [-0.15, -0.1) is 0 Å². The Hall–Kier alpha value is 0.110. The summed E-state index contributed by atoms with van der Waals surface area (Å²) < 4.78 is 12.6. The Morgan fingerprint density at radius 2 is 1.77 bits per heavy atom. The molecule has 1 fully saturated rings. The third-order valence-corrected chi connectivity index (χ3v) is 3.14. The quantitative estimate of drug-likeness (QED) is 0.636. The summed E-state index contributed by atoms with van der Waals surface area (Å²) in [5.74, 6) is 0. The topological polar surface area (TPSA) is 3.24 Å². The van der Waals surface area contributed by atoms with Gasteiger partial charge in [-0.3, -0.25) is 4.90 Å². The number of hydrogen-bond donors (Lipinski definition) is 0. The third kappa shape index (κ3) is 3.06. The van der Waals surface area contributed by atoms with Crippen LogP contribution in [-0.4, -0.2) is 23.5 Å². The highest BCUT2D eigenvalue weighted by molar-refractivity contribution is 9.11. The van der Waals surface area contributed by atoms with E-state index in [4.69, 9.17) is 0 Å². The maximum Gasteiger partial charge on any atom is 0.164 e. The fourth-order valence-corrected chi connectivity index (χ4v) is 2.03. The molecule has 1 saturated heterocycles. The Labute approximate surface area is 88.1 Å². The van der Waals surface area contributed by atoms with E-state index >= 15 is 0 Å². The Bertz CT molecular complexity index is 203. The Kier molecular flexibility index (Phi) is 3.52. The molecule has 0 radical (unpaired) electrons. The Morgan fingerprint density at radius 1 is 1.31 bits per heavy atom. The fourth-order valence-electron chi connectivity index (χ4n) is 1.64. The molecule has 0 spiro atoms. The molecule has 13 heavy (non-hydrogen) atoms. The third-order valence-electron chi connectivity index (χ3n) is 2.58. The summed E-state index contributed by atoms with van der Waals surface area (Å²) in [6, 6.07) is 0. The smallest absolute Gasteiger partial charge is 0.164 e. The monoisotopic (exact) mass is 249 g/mol. The molecule has 1 aliphatic rings. The van der Waals surface area contributed by atoms with Gasteiger partial charge in [-0.25, -0.2) is 0 Å². The Morgan fingerprint density at radius 3 is 2.08 bits per heavy atom. The van der Waals surface area contributed by atoms with Crippen LogP contribution >= 0.6 is 15.9 Å². The molecule has 1 nitrogen and oxygen atoms in total. The number of nitrogens with zero attached hydrogens (tertiary/aromatic N) is 1. The van der Waals surface area contributed by atoms with Gasteiger partial charge in [0.2, 0.25) is 0 Å². The van der Waals surface area contributed by atoms with Gasteiger partial charge >= 0.3 is 0 Å². The highest BCUT2D eigenvalue weighted by atomic mass is 79.9. The maximum atomic E-state index is 12.8. The van der Waals surface area contributed by atoms with Crippen LogP contribution in [0.1, 0.15) is 33.6 Å². The second-order valence-electron chi connectivity index (χ2n) is 4.52. The van der Waals surface area contributed by atoms with Gasteiger partial charge < -0.3 is 0 Å². The molecule has 0 aliphatic carbocycles. The van der Waals surface area contributed by atoms with Gasteiger partial charge in [0.1, 0.15) is 0 Å². The zero-order valence-corrected chi connectivity index (χ0v) is 10.1. The van der Waals surface area contributed by atoms with Gasteiger partial charge in [-0.1, -0.05) is 0 Å². The number of halogens is 2. The van der Waals surface area contributed by atoms with E-state index < -0.39 is 0 Å². The lowest BCUT2D eigenvalue weighted by Gasteiger charge is -2.39. The van der Waals surface area contributed by atoms with Gasteiger partial charge in [0.25, 0.3) is 0 Å². The normalized spacial score (nSPS) is 20.5. The fraction of sp³-hybridized carbons (Fsp3) is 0.800. The van der Waals surface area contributed by atoms with Crippen molar-refractivity contribution in [2.45, 2.75) is 39.2 Å². The van der Waals surface area contributed by atoms with E-state index in [0.717, 1.165) is 31.5 Å². The molecule has 3 heteroatoms. The number of rotatable bonds is 0. The molecule has 0 N–H and O–H groups in total. The van der Waals surface area contributed by atoms with Crippen molar-refractivity contribution in [1.82, 2.24) is 4.90 Å². The molecule has 0 unspecified atom stereocenters. The second kappa shape index (κ2) is 4.09. The molecule has 0 aromatic carbocycles. The standard InChI is InChI=1S/C10H17BrFN/c1-10(2,3)13-6-4-8(5-7-13)9(11)12/h4-7H2,1-3H3. The van der Waals surface area contributed by atoms with Crippen LogP contribution in [-0.2, 0) is 0 Å². The second-order valence-corrected chi connectivity index (χ2v) is 5.22. The summed E-state index contributed by atoms with van der Waals surface area (Å²) in [6.07, 6.45) is 1.71. The zero-order valence-electron chi connectivity index (χ0n) is 8.53. The summed E-state index contributed by atoms with van der Waals surface area (Å²) >= 11 is 2.90. The summed E-state index contributed by atoms with van der Waals surface area (Å²) in [4.78, 5) is 2.40. The molecular weight excluding hydrogens is 233 g/mol. The molecule has 0 amide bonds. The average molecular weight is 250 g/mol. The Balaban J connectivity index is 2.54. The summed E-state index contributed by atoms with van der Waals surface area (Å²) in [5.41, 5.74) is 1.15. The van der Waals surface area contributed by atoms with E-state index in [-0.39, 0.29) is 10.3 Å². The van der Waals surface area contributed by atoms with E-state index in [1.807, 2.05) is 0 Å². The first-order valence-corrected chi connectivity index (χ1v) is 5.48. The maximum absolute atomic E-state index is 12.8. The average Bonchev–Trinajstić information content (AvgIpc) is 2.03. The van der Waals surface area contributed by atoms with Crippen LogP contribution < -0.4 is 0 Å². The van der Waals surface area contributed by atoms with Crippen LogP contribution in [0.3, 0.4) is 0 Å². The number of hydrogen-bond acceptors (Lipinski definition) is 1. The van der Waals surface area contributed by atoms with Crippen molar-refractivity contribution in [3.8, 4) is 0 Å². The molecule has 1 heterocycles. The molecule has 0 aromatic heterocycles. The highest BCUT2D eigenvalue weighted by Gasteiger charge is 2.25. The minimum atomic E-state index is -0.152. The molecule has 1 rings (SSSR count). The number of likely N-dealkylation sites (tertiary alicyclic amines) is 1. The predicted molar refractivity (Wildman–Crippen MR) is 57.6 cm³/mol. The van der Waals surface area contributed by atoms with Crippen LogP contribution in [0.2, 0.25) is 0 Å². The van der Waals surface area contributed by atoms with Crippen molar-refractivity contribution in [1.29, 1.82) is 0 Å². The lowest BCUT2D eigenvalue weighted by atomic mass is 9.98. The minimum absolute atomic E-state index is 0.152. The van der Waals surface area contributed by atoms with E-state index in [0.29, 0.717) is 0 Å². The van der Waals surface area contributed by atoms with Crippen molar-refractivity contribution < 1.29 is 4.39 Å². The molecule has 0 saturated carbocycles. The first-order chi connectivity index (χ1) is 5.91. The predicted octanol–water partition coefficient (Wildman–Crippen LogP) is 3.46. The van der Waals surface area contributed by atoms with Crippen LogP contribution in [0.25, 0.3) is 0 Å². The van der Waals surface area contributed by atoms with E-state index in [2.05, 4.69) is 41.6 Å². The first kappa shape index (κ1) is 11.2. The first-order valence-electron chi connectivity index (χ1n) is 4.69. The van der Waals surface area contributed by atoms with Crippen molar-refractivity contribution in [2.75, 3.05) is 13.1 Å². The zero-order chi connectivity index (χ0) is 10.1.